The standard InChI is InChI=1S/C23H25BrN4O6/c1-28(2)22(29)14-8-7-9-16(30-3)19(14)34-21-15(24)12-25-23(27-21)26-13-10-17(31-4)20(33-6)18(11-13)32-5/h7-12H,1-6H3,(H,25,26,27). The first-order valence-corrected chi connectivity index (χ1v) is 10.8. The number of aromatic nitrogens is 2. The van der Waals surface area contributed by atoms with Crippen LogP contribution in [0.3, 0.4) is 0 Å². The zero-order valence-electron chi connectivity index (χ0n) is 19.6. The van der Waals surface area contributed by atoms with E-state index in [-0.39, 0.29) is 23.5 Å². The summed E-state index contributed by atoms with van der Waals surface area (Å²) in [5.41, 5.74) is 0.928. The van der Waals surface area contributed by atoms with E-state index in [1.807, 2.05) is 0 Å². The molecule has 0 fully saturated rings. The summed E-state index contributed by atoms with van der Waals surface area (Å²) in [4.78, 5) is 22.9. The molecule has 0 atom stereocenters. The molecule has 0 spiro atoms. The van der Waals surface area contributed by atoms with Gasteiger partial charge in [-0.05, 0) is 28.1 Å². The van der Waals surface area contributed by atoms with Gasteiger partial charge in [0, 0.05) is 31.9 Å². The van der Waals surface area contributed by atoms with Crippen molar-refractivity contribution in [3.8, 4) is 34.6 Å². The molecule has 1 heterocycles. The van der Waals surface area contributed by atoms with Crippen molar-refractivity contribution in [1.82, 2.24) is 14.9 Å². The van der Waals surface area contributed by atoms with E-state index in [1.165, 1.54) is 39.5 Å². The van der Waals surface area contributed by atoms with Crippen LogP contribution in [-0.2, 0) is 0 Å². The van der Waals surface area contributed by atoms with Crippen LogP contribution < -0.4 is 29.0 Å². The Morgan fingerprint density at radius 2 is 1.59 bits per heavy atom. The van der Waals surface area contributed by atoms with Crippen LogP contribution in [-0.4, -0.2) is 63.3 Å². The van der Waals surface area contributed by atoms with Gasteiger partial charge in [0.15, 0.2) is 23.0 Å². The van der Waals surface area contributed by atoms with Gasteiger partial charge in [0.25, 0.3) is 5.91 Å². The lowest BCUT2D eigenvalue weighted by Crippen LogP contribution is -2.22. The zero-order valence-corrected chi connectivity index (χ0v) is 21.2. The Kier molecular flexibility index (Phi) is 8.00. The van der Waals surface area contributed by atoms with Crippen LogP contribution >= 0.6 is 15.9 Å². The lowest BCUT2D eigenvalue weighted by Gasteiger charge is -2.17. The van der Waals surface area contributed by atoms with E-state index in [2.05, 4.69) is 31.2 Å². The molecule has 34 heavy (non-hydrogen) atoms. The minimum absolute atomic E-state index is 0.183. The first-order valence-electron chi connectivity index (χ1n) is 9.99. The van der Waals surface area contributed by atoms with Gasteiger partial charge < -0.3 is 33.9 Å². The molecule has 1 amide bonds. The highest BCUT2D eigenvalue weighted by atomic mass is 79.9. The lowest BCUT2D eigenvalue weighted by molar-refractivity contribution is 0.0824. The number of halogens is 1. The third-order valence-electron chi connectivity index (χ3n) is 4.67. The lowest BCUT2D eigenvalue weighted by atomic mass is 10.1. The first-order chi connectivity index (χ1) is 16.3. The molecule has 0 aliphatic carbocycles. The fraction of sp³-hybridized carbons (Fsp3) is 0.261. The van der Waals surface area contributed by atoms with Gasteiger partial charge in [0.05, 0.1) is 44.7 Å². The summed E-state index contributed by atoms with van der Waals surface area (Å²) in [5, 5.41) is 3.10. The number of nitrogens with zero attached hydrogens (tertiary/aromatic N) is 3. The predicted octanol–water partition coefficient (Wildman–Crippen LogP) is 4.51. The summed E-state index contributed by atoms with van der Waals surface area (Å²) in [6.07, 6.45) is 1.53. The Labute approximate surface area is 205 Å². The van der Waals surface area contributed by atoms with Gasteiger partial charge >= 0.3 is 0 Å². The minimum Gasteiger partial charge on any atom is -0.493 e. The minimum atomic E-state index is -0.241. The van der Waals surface area contributed by atoms with Crippen LogP contribution in [0.5, 0.6) is 34.6 Å². The number of carbonyl (C=O) groups is 1. The Balaban J connectivity index is 1.99. The molecule has 180 valence electrons. The fourth-order valence-corrected chi connectivity index (χ4v) is 3.33. The average molecular weight is 533 g/mol. The molecule has 0 saturated carbocycles. The van der Waals surface area contributed by atoms with Crippen LogP contribution in [0.15, 0.2) is 41.0 Å². The van der Waals surface area contributed by atoms with Gasteiger partial charge in [-0.2, -0.15) is 4.98 Å². The highest BCUT2D eigenvalue weighted by Gasteiger charge is 2.21. The van der Waals surface area contributed by atoms with Crippen molar-refractivity contribution in [3.05, 3.63) is 46.6 Å². The molecule has 0 saturated heterocycles. The van der Waals surface area contributed by atoms with E-state index < -0.39 is 0 Å². The molecular weight excluding hydrogens is 508 g/mol. The fourth-order valence-electron chi connectivity index (χ4n) is 3.05. The van der Waals surface area contributed by atoms with Gasteiger partial charge in [0.1, 0.15) is 0 Å². The topological polar surface area (TPSA) is 104 Å². The molecule has 3 rings (SSSR count). The largest absolute Gasteiger partial charge is 0.493 e. The molecular formula is C23H25BrN4O6. The second kappa shape index (κ2) is 10.9. The molecule has 0 unspecified atom stereocenters. The highest BCUT2D eigenvalue weighted by Crippen LogP contribution is 2.41. The van der Waals surface area contributed by atoms with Crippen LogP contribution in [0.2, 0.25) is 0 Å². The Morgan fingerprint density at radius 3 is 2.15 bits per heavy atom. The van der Waals surface area contributed by atoms with Gasteiger partial charge in [-0.15, -0.1) is 0 Å². The third-order valence-corrected chi connectivity index (χ3v) is 5.21. The normalized spacial score (nSPS) is 10.3. The number of ether oxygens (including phenoxy) is 5. The molecule has 1 aromatic heterocycles. The van der Waals surface area contributed by atoms with E-state index in [1.54, 1.807) is 44.4 Å². The molecule has 0 aliphatic heterocycles. The SMILES string of the molecule is COc1cc(Nc2ncc(Br)c(Oc3c(OC)cccc3C(=O)N(C)C)n2)cc(OC)c1OC. The van der Waals surface area contributed by atoms with Crippen molar-refractivity contribution in [2.75, 3.05) is 47.9 Å². The maximum absolute atomic E-state index is 12.7. The number of benzene rings is 2. The summed E-state index contributed by atoms with van der Waals surface area (Å²) in [7, 11) is 9.41. The van der Waals surface area contributed by atoms with E-state index in [4.69, 9.17) is 23.7 Å². The number of methoxy groups -OCH3 is 4. The average Bonchev–Trinajstić information content (AvgIpc) is 2.84. The quantitative estimate of drug-likeness (QED) is 0.426. The van der Waals surface area contributed by atoms with Gasteiger partial charge in [-0.3, -0.25) is 4.79 Å². The van der Waals surface area contributed by atoms with Gasteiger partial charge in [-0.1, -0.05) is 6.07 Å². The summed E-state index contributed by atoms with van der Waals surface area (Å²) >= 11 is 3.40. The van der Waals surface area contributed by atoms with Gasteiger partial charge in [-0.25, -0.2) is 4.98 Å². The predicted molar refractivity (Wildman–Crippen MR) is 130 cm³/mol. The molecule has 1 N–H and O–H groups in total. The number of amides is 1. The van der Waals surface area contributed by atoms with Crippen molar-refractivity contribution in [2.24, 2.45) is 0 Å². The van der Waals surface area contributed by atoms with Gasteiger partial charge in [0.2, 0.25) is 17.6 Å². The molecule has 2 aromatic carbocycles. The second-order valence-corrected chi connectivity index (χ2v) is 7.88. The van der Waals surface area contributed by atoms with Crippen molar-refractivity contribution in [1.29, 1.82) is 0 Å². The number of nitrogens with one attached hydrogen (secondary N) is 1. The number of para-hydroxylation sites is 1. The van der Waals surface area contributed by atoms with Crippen LogP contribution in [0, 0.1) is 0 Å². The zero-order chi connectivity index (χ0) is 24.8. The third kappa shape index (κ3) is 5.25. The van der Waals surface area contributed by atoms with Crippen LogP contribution in [0.1, 0.15) is 10.4 Å². The maximum Gasteiger partial charge on any atom is 0.257 e. The number of hydrogen-bond acceptors (Lipinski definition) is 9. The highest BCUT2D eigenvalue weighted by molar-refractivity contribution is 9.10. The van der Waals surface area contributed by atoms with Crippen molar-refractivity contribution in [3.63, 3.8) is 0 Å². The number of carbonyl (C=O) groups excluding carboxylic acids is 1. The first kappa shape index (κ1) is 24.9. The van der Waals surface area contributed by atoms with Crippen molar-refractivity contribution in [2.45, 2.75) is 0 Å². The molecule has 0 bridgehead atoms. The van der Waals surface area contributed by atoms with Crippen LogP contribution in [0.4, 0.5) is 11.6 Å². The van der Waals surface area contributed by atoms with Crippen molar-refractivity contribution < 1.29 is 28.5 Å². The van der Waals surface area contributed by atoms with E-state index in [0.717, 1.165) is 0 Å². The molecule has 3 aromatic rings. The number of rotatable bonds is 9. The van der Waals surface area contributed by atoms with Crippen molar-refractivity contribution >= 4 is 33.5 Å². The molecule has 0 aliphatic rings. The van der Waals surface area contributed by atoms with E-state index in [0.29, 0.717) is 38.7 Å². The molecule has 11 heteroatoms. The number of anilines is 2. The Morgan fingerprint density at radius 1 is 0.941 bits per heavy atom. The summed E-state index contributed by atoms with van der Waals surface area (Å²) in [6.45, 7) is 0. The Bertz CT molecular complexity index is 1160. The van der Waals surface area contributed by atoms with E-state index >= 15 is 0 Å². The summed E-state index contributed by atoms with van der Waals surface area (Å²) in [6, 6.07) is 8.52. The Hall–Kier alpha value is -3.73. The number of hydrogen-bond donors (Lipinski definition) is 1. The summed E-state index contributed by atoms with van der Waals surface area (Å²) < 4.78 is 28.1. The smallest absolute Gasteiger partial charge is 0.257 e. The van der Waals surface area contributed by atoms with E-state index in [9.17, 15) is 4.79 Å². The van der Waals surface area contributed by atoms with Crippen LogP contribution in [0.25, 0.3) is 0 Å². The maximum atomic E-state index is 12.7. The summed E-state index contributed by atoms with van der Waals surface area (Å²) in [5.74, 6) is 2.21. The second-order valence-electron chi connectivity index (χ2n) is 7.02. The molecule has 10 nitrogen and oxygen atoms in total. The monoisotopic (exact) mass is 532 g/mol. The molecule has 0 radical (unpaired) electrons.